The smallest absolute Gasteiger partial charge is 0.165 e. The molecule has 92 valence electrons. The number of nitrogens with one attached hydrogen (secondary N) is 1. The molecule has 2 aromatic rings. The van der Waals surface area contributed by atoms with E-state index in [2.05, 4.69) is 34.1 Å². The zero-order valence-electron chi connectivity index (χ0n) is 10.2. The Labute approximate surface area is 100 Å². The van der Waals surface area contributed by atoms with Crippen LogP contribution in [0.2, 0.25) is 0 Å². The predicted molar refractivity (Wildman–Crippen MR) is 67.4 cm³/mol. The molecule has 0 aliphatic heterocycles. The minimum Gasteiger partial charge on any atom is -0.382 e. The molecule has 0 saturated carbocycles. The summed E-state index contributed by atoms with van der Waals surface area (Å²) in [6.07, 6.45) is 3.25. The van der Waals surface area contributed by atoms with Crippen molar-refractivity contribution in [3.63, 3.8) is 0 Å². The van der Waals surface area contributed by atoms with Gasteiger partial charge in [0.05, 0.1) is 6.33 Å². The third kappa shape index (κ3) is 2.52. The number of nitrogens with two attached hydrogens (primary N) is 1. The summed E-state index contributed by atoms with van der Waals surface area (Å²) >= 11 is 0. The number of hydrogen-bond donors (Lipinski definition) is 2. The fraction of sp³-hybridized carbons (Fsp3) is 0.545. The summed E-state index contributed by atoms with van der Waals surface area (Å²) in [7, 11) is 0. The average Bonchev–Trinajstić information content (AvgIpc) is 2.71. The van der Waals surface area contributed by atoms with Gasteiger partial charge in [-0.25, -0.2) is 15.0 Å². The molecule has 0 aliphatic rings. The molecular weight excluding hydrogens is 216 g/mol. The lowest BCUT2D eigenvalue weighted by atomic mass is 10.2. The summed E-state index contributed by atoms with van der Waals surface area (Å²) in [5.74, 6) is 0.955. The second-order valence-corrected chi connectivity index (χ2v) is 4.24. The summed E-state index contributed by atoms with van der Waals surface area (Å²) < 4.78 is 2.02. The first kappa shape index (κ1) is 11.8. The molecule has 0 spiro atoms. The number of nitrogens with zero attached hydrogens (tertiary/aromatic N) is 4. The molecule has 17 heavy (non-hydrogen) atoms. The van der Waals surface area contributed by atoms with Crippen molar-refractivity contribution >= 4 is 17.0 Å². The van der Waals surface area contributed by atoms with E-state index < -0.39 is 0 Å². The van der Waals surface area contributed by atoms with Crippen molar-refractivity contribution in [3.8, 4) is 0 Å². The van der Waals surface area contributed by atoms with Gasteiger partial charge in [-0.3, -0.25) is 0 Å². The van der Waals surface area contributed by atoms with Crippen molar-refractivity contribution < 1.29 is 0 Å². The van der Waals surface area contributed by atoms with Gasteiger partial charge in [0.25, 0.3) is 0 Å². The normalized spacial score (nSPS) is 13.1. The lowest BCUT2D eigenvalue weighted by Crippen LogP contribution is -2.23. The quantitative estimate of drug-likeness (QED) is 0.794. The number of rotatable bonds is 5. The molecule has 1 atom stereocenters. The first-order chi connectivity index (χ1) is 8.22. The number of aromatic nitrogens is 4. The number of fused-ring (bicyclic) bond motifs is 1. The van der Waals surface area contributed by atoms with E-state index in [1.165, 1.54) is 6.33 Å². The third-order valence-electron chi connectivity index (χ3n) is 2.68. The SMILES string of the molecule is CCNCC(C)Cn1cnc2c(N)ncnc21. The van der Waals surface area contributed by atoms with Crippen LogP contribution in [0.25, 0.3) is 11.2 Å². The summed E-state index contributed by atoms with van der Waals surface area (Å²) in [5, 5.41) is 3.33. The molecular formula is C11H18N6. The molecule has 6 heteroatoms. The lowest BCUT2D eigenvalue weighted by molar-refractivity contribution is 0.456. The molecule has 0 saturated heterocycles. The highest BCUT2D eigenvalue weighted by Crippen LogP contribution is 2.15. The standard InChI is InChI=1S/C11H18N6/c1-3-13-4-8(2)5-17-7-16-9-10(12)14-6-15-11(9)17/h6-8,13H,3-5H2,1-2H3,(H2,12,14,15). The summed E-state index contributed by atoms with van der Waals surface area (Å²) in [5.41, 5.74) is 7.23. The van der Waals surface area contributed by atoms with Gasteiger partial charge in [-0.15, -0.1) is 0 Å². The van der Waals surface area contributed by atoms with Gasteiger partial charge in [-0.05, 0) is 19.0 Å². The van der Waals surface area contributed by atoms with E-state index in [0.717, 1.165) is 25.3 Å². The Morgan fingerprint density at radius 2 is 2.24 bits per heavy atom. The molecule has 0 aliphatic carbocycles. The van der Waals surface area contributed by atoms with Crippen LogP contribution in [-0.4, -0.2) is 32.6 Å². The maximum atomic E-state index is 5.74. The minimum absolute atomic E-state index is 0.438. The third-order valence-corrected chi connectivity index (χ3v) is 2.68. The van der Waals surface area contributed by atoms with E-state index in [9.17, 15) is 0 Å². The Bertz CT molecular complexity index is 492. The van der Waals surface area contributed by atoms with Crippen molar-refractivity contribution in [2.24, 2.45) is 5.92 Å². The van der Waals surface area contributed by atoms with Crippen molar-refractivity contribution in [1.29, 1.82) is 0 Å². The molecule has 1 unspecified atom stereocenters. The number of anilines is 1. The van der Waals surface area contributed by atoms with Gasteiger partial charge in [-0.2, -0.15) is 0 Å². The van der Waals surface area contributed by atoms with Gasteiger partial charge in [-0.1, -0.05) is 13.8 Å². The van der Waals surface area contributed by atoms with E-state index >= 15 is 0 Å². The van der Waals surface area contributed by atoms with E-state index in [1.54, 1.807) is 6.33 Å². The summed E-state index contributed by atoms with van der Waals surface area (Å²) in [6.45, 7) is 7.15. The van der Waals surface area contributed by atoms with E-state index in [0.29, 0.717) is 17.3 Å². The Kier molecular flexibility index (Phi) is 3.53. The van der Waals surface area contributed by atoms with Crippen LogP contribution in [0, 0.1) is 5.92 Å². The van der Waals surface area contributed by atoms with Crippen LogP contribution in [0.4, 0.5) is 5.82 Å². The van der Waals surface area contributed by atoms with Gasteiger partial charge in [0.2, 0.25) is 0 Å². The topological polar surface area (TPSA) is 81.7 Å². The zero-order chi connectivity index (χ0) is 12.3. The van der Waals surface area contributed by atoms with Crippen LogP contribution in [0.5, 0.6) is 0 Å². The monoisotopic (exact) mass is 234 g/mol. The fourth-order valence-corrected chi connectivity index (χ4v) is 1.82. The molecule has 0 bridgehead atoms. The number of hydrogen-bond acceptors (Lipinski definition) is 5. The van der Waals surface area contributed by atoms with Crippen LogP contribution < -0.4 is 11.1 Å². The van der Waals surface area contributed by atoms with Gasteiger partial charge in [0.15, 0.2) is 11.5 Å². The van der Waals surface area contributed by atoms with Crippen LogP contribution in [-0.2, 0) is 6.54 Å². The van der Waals surface area contributed by atoms with Gasteiger partial charge >= 0.3 is 0 Å². The molecule has 0 amide bonds. The van der Waals surface area contributed by atoms with Crippen molar-refractivity contribution in [2.45, 2.75) is 20.4 Å². The molecule has 2 aromatic heterocycles. The second kappa shape index (κ2) is 5.09. The summed E-state index contributed by atoms with van der Waals surface area (Å²) in [6, 6.07) is 0. The maximum Gasteiger partial charge on any atom is 0.165 e. The van der Waals surface area contributed by atoms with E-state index in [4.69, 9.17) is 5.73 Å². The molecule has 0 radical (unpaired) electrons. The van der Waals surface area contributed by atoms with Crippen molar-refractivity contribution in [1.82, 2.24) is 24.8 Å². The lowest BCUT2D eigenvalue weighted by Gasteiger charge is -2.12. The summed E-state index contributed by atoms with van der Waals surface area (Å²) in [4.78, 5) is 12.4. The Balaban J connectivity index is 2.16. The Morgan fingerprint density at radius 1 is 1.41 bits per heavy atom. The first-order valence-corrected chi connectivity index (χ1v) is 5.84. The van der Waals surface area contributed by atoms with E-state index in [-0.39, 0.29) is 0 Å². The number of nitrogen functional groups attached to an aromatic ring is 1. The Morgan fingerprint density at radius 3 is 3.00 bits per heavy atom. The fourth-order valence-electron chi connectivity index (χ4n) is 1.82. The first-order valence-electron chi connectivity index (χ1n) is 5.84. The largest absolute Gasteiger partial charge is 0.382 e. The van der Waals surface area contributed by atoms with E-state index in [1.807, 2.05) is 4.57 Å². The zero-order valence-corrected chi connectivity index (χ0v) is 10.2. The molecule has 2 rings (SSSR count). The van der Waals surface area contributed by atoms with Crippen molar-refractivity contribution in [2.75, 3.05) is 18.8 Å². The Hall–Kier alpha value is -1.69. The average molecular weight is 234 g/mol. The minimum atomic E-state index is 0.438. The van der Waals surface area contributed by atoms with Crippen LogP contribution in [0.15, 0.2) is 12.7 Å². The molecule has 3 N–H and O–H groups in total. The van der Waals surface area contributed by atoms with Crippen LogP contribution in [0.1, 0.15) is 13.8 Å². The van der Waals surface area contributed by atoms with Crippen LogP contribution >= 0.6 is 0 Å². The second-order valence-electron chi connectivity index (χ2n) is 4.24. The number of imidazole rings is 1. The molecule has 0 fully saturated rings. The predicted octanol–water partition coefficient (Wildman–Crippen LogP) is 0.654. The highest BCUT2D eigenvalue weighted by atomic mass is 15.1. The molecule has 6 nitrogen and oxygen atoms in total. The van der Waals surface area contributed by atoms with Gasteiger partial charge in [0.1, 0.15) is 11.8 Å². The highest BCUT2D eigenvalue weighted by Gasteiger charge is 2.10. The van der Waals surface area contributed by atoms with Crippen LogP contribution in [0.3, 0.4) is 0 Å². The highest BCUT2D eigenvalue weighted by molar-refractivity contribution is 5.81. The van der Waals surface area contributed by atoms with Gasteiger partial charge < -0.3 is 15.6 Å². The maximum absolute atomic E-state index is 5.74. The molecule has 0 aromatic carbocycles. The molecule has 2 heterocycles. The van der Waals surface area contributed by atoms with Crippen molar-refractivity contribution in [3.05, 3.63) is 12.7 Å². The van der Waals surface area contributed by atoms with Gasteiger partial charge in [0, 0.05) is 6.54 Å².